The van der Waals surface area contributed by atoms with Gasteiger partial charge in [0.15, 0.2) is 5.82 Å². The number of fused-ring (bicyclic) bond motifs is 1. The van der Waals surface area contributed by atoms with Gasteiger partial charge < -0.3 is 14.6 Å². The zero-order valence-electron chi connectivity index (χ0n) is 20.2. The molecular formula is C28H27N5O2S. The Morgan fingerprint density at radius 2 is 1.89 bits per heavy atom. The molecule has 0 saturated carbocycles. The standard InChI is InChI=1S/C28H27N5O2S/c1-3-34-25-14-21(10-11-22(25)15-27-32-28(36)35-33-27)24-16-26(31-17-30-24)29-13-12-19-8-9-20-6-4-5-7-23(20)18(19)2/h4-11,14,16-17H,3,12-13,15H2,1-2H3,(H,29,30,31)(H,32,33,36). The topological polar surface area (TPSA) is 88.9 Å². The van der Waals surface area contributed by atoms with Crippen molar-refractivity contribution in [3.05, 3.63) is 94.3 Å². The van der Waals surface area contributed by atoms with Crippen LogP contribution in [0.2, 0.25) is 0 Å². The number of hydrogen-bond donors (Lipinski definition) is 2. The van der Waals surface area contributed by atoms with Crippen molar-refractivity contribution in [2.75, 3.05) is 18.5 Å². The van der Waals surface area contributed by atoms with Gasteiger partial charge in [-0.2, -0.15) is 0 Å². The van der Waals surface area contributed by atoms with Gasteiger partial charge in [-0.1, -0.05) is 53.7 Å². The van der Waals surface area contributed by atoms with E-state index >= 15 is 0 Å². The Morgan fingerprint density at radius 1 is 1.03 bits per heavy atom. The summed E-state index contributed by atoms with van der Waals surface area (Å²) < 4.78 is 10.9. The quantitative estimate of drug-likeness (QED) is 0.231. The minimum absolute atomic E-state index is 0.261. The smallest absolute Gasteiger partial charge is 0.294 e. The summed E-state index contributed by atoms with van der Waals surface area (Å²) in [5, 5.41) is 9.98. The van der Waals surface area contributed by atoms with E-state index in [-0.39, 0.29) is 4.84 Å². The number of benzene rings is 3. The summed E-state index contributed by atoms with van der Waals surface area (Å²) in [6.45, 7) is 5.48. The summed E-state index contributed by atoms with van der Waals surface area (Å²) in [7, 11) is 0. The summed E-state index contributed by atoms with van der Waals surface area (Å²) in [6.07, 6.45) is 3.02. The first-order chi connectivity index (χ1) is 17.6. The van der Waals surface area contributed by atoms with Gasteiger partial charge in [0.05, 0.1) is 12.3 Å². The number of nitrogens with zero attached hydrogens (tertiary/aromatic N) is 3. The molecule has 5 rings (SSSR count). The van der Waals surface area contributed by atoms with Gasteiger partial charge >= 0.3 is 0 Å². The van der Waals surface area contributed by atoms with Gasteiger partial charge in [-0.25, -0.2) is 9.97 Å². The number of aromatic nitrogens is 4. The van der Waals surface area contributed by atoms with E-state index in [9.17, 15) is 0 Å². The predicted octanol–water partition coefficient (Wildman–Crippen LogP) is 6.29. The molecule has 0 amide bonds. The lowest BCUT2D eigenvalue weighted by molar-refractivity contribution is 0.337. The molecule has 182 valence electrons. The second-order valence-electron chi connectivity index (χ2n) is 8.51. The molecule has 0 aliphatic heterocycles. The molecule has 8 heteroatoms. The van der Waals surface area contributed by atoms with Gasteiger partial charge in [0.1, 0.15) is 17.9 Å². The molecule has 2 heterocycles. The summed E-state index contributed by atoms with van der Waals surface area (Å²) in [5.41, 5.74) is 5.42. The van der Waals surface area contributed by atoms with E-state index in [1.54, 1.807) is 6.33 Å². The van der Waals surface area contributed by atoms with Gasteiger partial charge in [0.2, 0.25) is 0 Å². The van der Waals surface area contributed by atoms with E-state index in [1.165, 1.54) is 21.9 Å². The number of aromatic amines is 1. The molecule has 0 saturated heterocycles. The third-order valence-electron chi connectivity index (χ3n) is 6.18. The lowest BCUT2D eigenvalue weighted by Gasteiger charge is -2.13. The van der Waals surface area contributed by atoms with Crippen LogP contribution in [0.25, 0.3) is 22.0 Å². The number of hydrogen-bond acceptors (Lipinski definition) is 7. The second kappa shape index (κ2) is 10.7. The maximum absolute atomic E-state index is 5.91. The molecule has 3 aromatic carbocycles. The first kappa shape index (κ1) is 23.7. The minimum Gasteiger partial charge on any atom is -0.494 e. The third kappa shape index (κ3) is 5.28. The number of ether oxygens (including phenoxy) is 1. The molecule has 7 nitrogen and oxygen atoms in total. The summed E-state index contributed by atoms with van der Waals surface area (Å²) in [4.78, 5) is 12.1. The van der Waals surface area contributed by atoms with Crippen LogP contribution in [0, 0.1) is 11.8 Å². The number of nitrogens with one attached hydrogen (secondary N) is 2. The van der Waals surface area contributed by atoms with Crippen molar-refractivity contribution in [1.82, 2.24) is 20.1 Å². The van der Waals surface area contributed by atoms with Crippen molar-refractivity contribution in [2.45, 2.75) is 26.7 Å². The Hall–Kier alpha value is -4.04. The average molecular weight is 498 g/mol. The molecule has 0 fully saturated rings. The molecule has 0 unspecified atom stereocenters. The summed E-state index contributed by atoms with van der Waals surface area (Å²) in [5.74, 6) is 2.22. The van der Waals surface area contributed by atoms with Crippen LogP contribution in [-0.2, 0) is 12.8 Å². The van der Waals surface area contributed by atoms with Crippen molar-refractivity contribution < 1.29 is 9.26 Å². The first-order valence-electron chi connectivity index (χ1n) is 11.9. The normalized spacial score (nSPS) is 11.1. The van der Waals surface area contributed by atoms with E-state index in [0.29, 0.717) is 18.9 Å². The highest BCUT2D eigenvalue weighted by atomic mass is 32.1. The number of H-pyrrole nitrogens is 1. The van der Waals surface area contributed by atoms with Gasteiger partial charge in [0.25, 0.3) is 4.84 Å². The summed E-state index contributed by atoms with van der Waals surface area (Å²) >= 11 is 4.98. The monoisotopic (exact) mass is 497 g/mol. The lowest BCUT2D eigenvalue weighted by atomic mass is 9.98. The van der Waals surface area contributed by atoms with Gasteiger partial charge in [-0.15, -0.1) is 0 Å². The fraction of sp³-hybridized carbons (Fsp3) is 0.214. The SMILES string of the molecule is CCOc1cc(-c2cc(NCCc3ccc4ccccc4c3C)ncn2)ccc1Cc1noc(=S)[nH]1. The van der Waals surface area contributed by atoms with Gasteiger partial charge in [-0.05, 0) is 60.5 Å². The molecule has 0 aliphatic carbocycles. The van der Waals surface area contributed by atoms with Crippen molar-refractivity contribution in [1.29, 1.82) is 0 Å². The van der Waals surface area contributed by atoms with Crippen LogP contribution in [0.15, 0.2) is 71.5 Å². The fourth-order valence-corrected chi connectivity index (χ4v) is 4.50. The van der Waals surface area contributed by atoms with E-state index in [1.807, 2.05) is 31.2 Å². The van der Waals surface area contributed by atoms with Crippen LogP contribution < -0.4 is 10.1 Å². The zero-order valence-corrected chi connectivity index (χ0v) is 21.1. The van der Waals surface area contributed by atoms with Crippen LogP contribution in [0.5, 0.6) is 5.75 Å². The third-order valence-corrected chi connectivity index (χ3v) is 6.36. The van der Waals surface area contributed by atoms with Crippen molar-refractivity contribution >= 4 is 28.8 Å². The van der Waals surface area contributed by atoms with E-state index < -0.39 is 0 Å². The molecule has 2 aromatic heterocycles. The predicted molar refractivity (Wildman–Crippen MR) is 144 cm³/mol. The van der Waals surface area contributed by atoms with E-state index in [0.717, 1.165) is 41.4 Å². The van der Waals surface area contributed by atoms with Crippen LogP contribution in [0.4, 0.5) is 5.82 Å². The molecule has 5 aromatic rings. The number of rotatable bonds is 9. The molecule has 0 spiro atoms. The van der Waals surface area contributed by atoms with Crippen molar-refractivity contribution in [3.63, 3.8) is 0 Å². The van der Waals surface area contributed by atoms with Crippen molar-refractivity contribution in [2.24, 2.45) is 0 Å². The highest BCUT2D eigenvalue weighted by Gasteiger charge is 2.11. The molecule has 0 atom stereocenters. The molecule has 0 radical (unpaired) electrons. The summed E-state index contributed by atoms with van der Waals surface area (Å²) in [6, 6.07) is 20.9. The van der Waals surface area contributed by atoms with Crippen LogP contribution >= 0.6 is 12.2 Å². The van der Waals surface area contributed by atoms with Gasteiger partial charge in [0, 0.05) is 30.2 Å². The Morgan fingerprint density at radius 3 is 2.72 bits per heavy atom. The van der Waals surface area contributed by atoms with Crippen LogP contribution in [-0.4, -0.2) is 33.3 Å². The Balaban J connectivity index is 1.30. The average Bonchev–Trinajstić information content (AvgIpc) is 3.31. The second-order valence-corrected chi connectivity index (χ2v) is 8.88. The highest BCUT2D eigenvalue weighted by Crippen LogP contribution is 2.29. The van der Waals surface area contributed by atoms with Crippen LogP contribution in [0.1, 0.15) is 29.4 Å². The Labute approximate surface area is 214 Å². The maximum Gasteiger partial charge on any atom is 0.294 e. The van der Waals surface area contributed by atoms with Crippen molar-refractivity contribution in [3.8, 4) is 17.0 Å². The fourth-order valence-electron chi connectivity index (χ4n) is 4.35. The number of aryl methyl sites for hydroxylation is 1. The van der Waals surface area contributed by atoms with E-state index in [2.05, 4.69) is 68.7 Å². The Kier molecular flexibility index (Phi) is 7.04. The highest BCUT2D eigenvalue weighted by molar-refractivity contribution is 7.71. The number of anilines is 1. The largest absolute Gasteiger partial charge is 0.494 e. The molecule has 0 bridgehead atoms. The first-order valence-corrected chi connectivity index (χ1v) is 12.4. The Bertz CT molecular complexity index is 1560. The molecule has 36 heavy (non-hydrogen) atoms. The minimum atomic E-state index is 0.261. The molecule has 2 N–H and O–H groups in total. The van der Waals surface area contributed by atoms with Gasteiger partial charge in [-0.3, -0.25) is 4.98 Å². The van der Waals surface area contributed by atoms with E-state index in [4.69, 9.17) is 21.5 Å². The zero-order chi connectivity index (χ0) is 24.9. The molecular weight excluding hydrogens is 470 g/mol. The molecule has 0 aliphatic rings. The lowest BCUT2D eigenvalue weighted by Crippen LogP contribution is -2.07. The maximum atomic E-state index is 5.91. The van der Waals surface area contributed by atoms with Crippen LogP contribution in [0.3, 0.4) is 0 Å².